The second-order valence-electron chi connectivity index (χ2n) is 4.31. The van der Waals surface area contributed by atoms with E-state index in [0.717, 1.165) is 5.69 Å². The van der Waals surface area contributed by atoms with Gasteiger partial charge >= 0.3 is 0 Å². The number of hydrogen-bond acceptors (Lipinski definition) is 4. The van der Waals surface area contributed by atoms with Crippen LogP contribution in [-0.4, -0.2) is 10.2 Å². The maximum absolute atomic E-state index is 8.79. The van der Waals surface area contributed by atoms with Gasteiger partial charge in [0.05, 0.1) is 5.69 Å². The molecule has 0 radical (unpaired) electrons. The molecule has 0 aliphatic heterocycles. The summed E-state index contributed by atoms with van der Waals surface area (Å²) < 4.78 is 0. The van der Waals surface area contributed by atoms with Gasteiger partial charge < -0.3 is 21.7 Å². The molecular formula is C18H20N2O2. The van der Waals surface area contributed by atoms with Crippen molar-refractivity contribution in [2.24, 2.45) is 0 Å². The Morgan fingerprint density at radius 3 is 1.27 bits per heavy atom. The summed E-state index contributed by atoms with van der Waals surface area (Å²) in [6.07, 6.45) is 0. The first-order valence-corrected chi connectivity index (χ1v) is 6.67. The van der Waals surface area contributed by atoms with E-state index in [-0.39, 0.29) is 5.75 Å². The molecule has 6 N–H and O–H groups in total. The third-order valence-corrected chi connectivity index (χ3v) is 2.49. The van der Waals surface area contributed by atoms with E-state index in [2.05, 4.69) is 0 Å². The van der Waals surface area contributed by atoms with Crippen molar-refractivity contribution in [1.82, 2.24) is 0 Å². The van der Waals surface area contributed by atoms with Crippen LogP contribution < -0.4 is 11.5 Å². The first kappa shape index (κ1) is 16.9. The summed E-state index contributed by atoms with van der Waals surface area (Å²) in [4.78, 5) is 0. The standard InChI is InChI=1S/C6H7NO.C6H7N.C6H6O/c7-5-3-1-2-4-6(5)8;2*7-6-4-2-1-3-5-6/h1-4,8H,7H2;1-5H,7H2;1-5,7H. The van der Waals surface area contributed by atoms with Crippen LogP contribution in [0.5, 0.6) is 11.5 Å². The number of aromatic hydroxyl groups is 2. The minimum absolute atomic E-state index is 0.146. The molecule has 22 heavy (non-hydrogen) atoms. The van der Waals surface area contributed by atoms with E-state index >= 15 is 0 Å². The van der Waals surface area contributed by atoms with Crippen LogP contribution in [0.1, 0.15) is 0 Å². The van der Waals surface area contributed by atoms with Crippen LogP contribution in [0.4, 0.5) is 11.4 Å². The van der Waals surface area contributed by atoms with Crippen LogP contribution in [0, 0.1) is 0 Å². The van der Waals surface area contributed by atoms with E-state index in [1.54, 1.807) is 48.5 Å². The zero-order chi connectivity index (χ0) is 16.2. The highest BCUT2D eigenvalue weighted by Crippen LogP contribution is 2.16. The summed E-state index contributed by atoms with van der Waals surface area (Å²) in [5.41, 5.74) is 11.9. The number of benzene rings is 3. The van der Waals surface area contributed by atoms with Crippen molar-refractivity contribution >= 4 is 11.4 Å². The van der Waals surface area contributed by atoms with Crippen LogP contribution in [0.2, 0.25) is 0 Å². The maximum Gasteiger partial charge on any atom is 0.138 e. The zero-order valence-corrected chi connectivity index (χ0v) is 12.1. The molecule has 0 unspecified atom stereocenters. The number of para-hydroxylation sites is 4. The molecule has 3 rings (SSSR count). The average molecular weight is 296 g/mol. The third-order valence-electron chi connectivity index (χ3n) is 2.49. The van der Waals surface area contributed by atoms with Crippen molar-refractivity contribution in [3.05, 3.63) is 84.9 Å². The summed E-state index contributed by atoms with van der Waals surface area (Å²) in [7, 11) is 0. The molecular weight excluding hydrogens is 276 g/mol. The second-order valence-corrected chi connectivity index (χ2v) is 4.31. The predicted octanol–water partition coefficient (Wildman–Crippen LogP) is 3.64. The minimum atomic E-state index is 0.146. The van der Waals surface area contributed by atoms with Gasteiger partial charge in [-0.25, -0.2) is 0 Å². The fourth-order valence-corrected chi connectivity index (χ4v) is 1.37. The molecule has 0 saturated carbocycles. The van der Waals surface area contributed by atoms with Gasteiger partial charge in [0.1, 0.15) is 11.5 Å². The van der Waals surface area contributed by atoms with Crippen LogP contribution >= 0.6 is 0 Å². The SMILES string of the molecule is Nc1ccccc1.Nc1ccccc1O.Oc1ccccc1. The molecule has 0 saturated heterocycles. The Labute approximate surface area is 130 Å². The molecule has 3 aromatic carbocycles. The van der Waals surface area contributed by atoms with Crippen molar-refractivity contribution in [3.8, 4) is 11.5 Å². The molecule has 0 aliphatic carbocycles. The molecule has 0 amide bonds. The van der Waals surface area contributed by atoms with Gasteiger partial charge in [-0.1, -0.05) is 48.5 Å². The fourth-order valence-electron chi connectivity index (χ4n) is 1.37. The molecule has 0 atom stereocenters. The fraction of sp³-hybridized carbons (Fsp3) is 0. The lowest BCUT2D eigenvalue weighted by Crippen LogP contribution is -1.82. The quantitative estimate of drug-likeness (QED) is 0.376. The average Bonchev–Trinajstić information content (AvgIpc) is 2.53. The smallest absolute Gasteiger partial charge is 0.138 e. The molecule has 4 nitrogen and oxygen atoms in total. The number of rotatable bonds is 0. The Morgan fingerprint density at radius 1 is 0.545 bits per heavy atom. The monoisotopic (exact) mass is 296 g/mol. The van der Waals surface area contributed by atoms with Crippen molar-refractivity contribution < 1.29 is 10.2 Å². The largest absolute Gasteiger partial charge is 0.508 e. The van der Waals surface area contributed by atoms with Crippen LogP contribution in [0.3, 0.4) is 0 Å². The normalized spacial score (nSPS) is 8.73. The molecule has 114 valence electrons. The first-order valence-electron chi connectivity index (χ1n) is 6.67. The molecule has 0 heterocycles. The van der Waals surface area contributed by atoms with E-state index in [9.17, 15) is 0 Å². The van der Waals surface area contributed by atoms with Gasteiger partial charge in [-0.15, -0.1) is 0 Å². The van der Waals surface area contributed by atoms with Crippen LogP contribution in [0.25, 0.3) is 0 Å². The summed E-state index contributed by atoms with van der Waals surface area (Å²) in [6.45, 7) is 0. The van der Waals surface area contributed by atoms with Crippen molar-refractivity contribution in [3.63, 3.8) is 0 Å². The van der Waals surface area contributed by atoms with Gasteiger partial charge in [0, 0.05) is 5.69 Å². The molecule has 4 heteroatoms. The summed E-state index contributed by atoms with van der Waals surface area (Å²) in [6, 6.07) is 24.9. The van der Waals surface area contributed by atoms with Crippen molar-refractivity contribution in [1.29, 1.82) is 0 Å². The van der Waals surface area contributed by atoms with Crippen LogP contribution in [-0.2, 0) is 0 Å². The molecule has 0 aromatic heterocycles. The van der Waals surface area contributed by atoms with Gasteiger partial charge in [0.2, 0.25) is 0 Å². The summed E-state index contributed by atoms with van der Waals surface area (Å²) in [5.74, 6) is 0.468. The van der Waals surface area contributed by atoms with E-state index in [1.165, 1.54) is 0 Å². The van der Waals surface area contributed by atoms with Gasteiger partial charge in [0.15, 0.2) is 0 Å². The highest BCUT2D eigenvalue weighted by Gasteiger charge is 1.87. The van der Waals surface area contributed by atoms with E-state index < -0.39 is 0 Å². The molecule has 0 bridgehead atoms. The zero-order valence-electron chi connectivity index (χ0n) is 12.1. The Kier molecular flexibility index (Phi) is 7.47. The molecule has 0 spiro atoms. The van der Waals surface area contributed by atoms with E-state index in [0.29, 0.717) is 11.4 Å². The van der Waals surface area contributed by atoms with Gasteiger partial charge in [-0.3, -0.25) is 0 Å². The number of phenols is 2. The highest BCUT2D eigenvalue weighted by atomic mass is 16.3. The van der Waals surface area contributed by atoms with Crippen molar-refractivity contribution in [2.75, 3.05) is 11.5 Å². The van der Waals surface area contributed by atoms with Crippen LogP contribution in [0.15, 0.2) is 84.9 Å². The number of nitrogen functional groups attached to an aromatic ring is 2. The lowest BCUT2D eigenvalue weighted by Gasteiger charge is -1.92. The molecule has 0 fully saturated rings. The Balaban J connectivity index is 0.000000166. The Bertz CT molecular complexity index is 585. The minimum Gasteiger partial charge on any atom is -0.508 e. The lowest BCUT2D eigenvalue weighted by atomic mass is 10.3. The number of hydrogen-bond donors (Lipinski definition) is 4. The van der Waals surface area contributed by atoms with E-state index in [1.807, 2.05) is 36.4 Å². The van der Waals surface area contributed by atoms with Gasteiger partial charge in [-0.2, -0.15) is 0 Å². The number of phenolic OH excluding ortho intramolecular Hbond substituents is 2. The maximum atomic E-state index is 8.79. The topological polar surface area (TPSA) is 92.5 Å². The first-order chi connectivity index (χ1) is 10.6. The molecule has 3 aromatic rings. The van der Waals surface area contributed by atoms with Gasteiger partial charge in [0.25, 0.3) is 0 Å². The summed E-state index contributed by atoms with van der Waals surface area (Å²) >= 11 is 0. The second kappa shape index (κ2) is 9.72. The highest BCUT2D eigenvalue weighted by molar-refractivity contribution is 5.50. The third kappa shape index (κ3) is 7.45. The predicted molar refractivity (Wildman–Crippen MR) is 91.5 cm³/mol. The number of nitrogens with two attached hydrogens (primary N) is 2. The van der Waals surface area contributed by atoms with Crippen molar-refractivity contribution in [2.45, 2.75) is 0 Å². The molecule has 0 aliphatic rings. The Morgan fingerprint density at radius 2 is 1.00 bits per heavy atom. The number of anilines is 2. The van der Waals surface area contributed by atoms with E-state index in [4.69, 9.17) is 21.7 Å². The Hall–Kier alpha value is -3.14. The lowest BCUT2D eigenvalue weighted by molar-refractivity contribution is 0.475. The summed E-state index contributed by atoms with van der Waals surface area (Å²) in [5, 5.41) is 17.4. The van der Waals surface area contributed by atoms with Gasteiger partial charge in [-0.05, 0) is 36.4 Å².